The molecule has 4 aromatic rings. The van der Waals surface area contributed by atoms with Crippen molar-refractivity contribution in [2.24, 2.45) is 0 Å². The van der Waals surface area contributed by atoms with Crippen LogP contribution in [0.25, 0.3) is 10.2 Å². The molecule has 0 unspecified atom stereocenters. The largest absolute Gasteiger partial charge is 0.486 e. The number of nitrogens with zero attached hydrogens (tertiary/aromatic N) is 3. The molecule has 0 fully saturated rings. The fourth-order valence-corrected chi connectivity index (χ4v) is 4.84. The number of hydrogen-bond donors (Lipinski definition) is 0. The summed E-state index contributed by atoms with van der Waals surface area (Å²) in [5.74, 6) is 1.31. The minimum absolute atomic E-state index is 0.0971. The van der Waals surface area contributed by atoms with Gasteiger partial charge in [0.05, 0.1) is 22.3 Å². The molecule has 0 spiro atoms. The standard InChI is InChI=1S/C22H16IN3O3S/c23-16-6-2-1-5-15(16)21(27)26(13-14-4-3-7-24-12-14)22-25-17-10-18-19(11-20(17)30-22)29-9-8-28-18/h1-7,10-12H,8-9,13H2. The second kappa shape index (κ2) is 8.19. The van der Waals surface area contributed by atoms with Crippen molar-refractivity contribution >= 4 is 55.2 Å². The number of fused-ring (bicyclic) bond motifs is 2. The van der Waals surface area contributed by atoms with Gasteiger partial charge in [-0.25, -0.2) is 4.98 Å². The second-order valence-electron chi connectivity index (χ2n) is 6.69. The number of thiazole rings is 1. The highest BCUT2D eigenvalue weighted by molar-refractivity contribution is 14.1. The third-order valence-electron chi connectivity index (χ3n) is 4.68. The Labute approximate surface area is 190 Å². The van der Waals surface area contributed by atoms with Gasteiger partial charge in [0.1, 0.15) is 13.2 Å². The Balaban J connectivity index is 1.58. The third kappa shape index (κ3) is 3.72. The van der Waals surface area contributed by atoms with Crippen LogP contribution in [0.2, 0.25) is 0 Å². The zero-order chi connectivity index (χ0) is 20.5. The fraction of sp³-hybridized carbons (Fsp3) is 0.136. The van der Waals surface area contributed by atoms with Crippen LogP contribution in [0.1, 0.15) is 15.9 Å². The zero-order valence-electron chi connectivity index (χ0n) is 15.7. The Kier molecular flexibility index (Phi) is 5.26. The maximum absolute atomic E-state index is 13.5. The molecule has 5 rings (SSSR count). The molecule has 1 aliphatic heterocycles. The van der Waals surface area contributed by atoms with E-state index in [-0.39, 0.29) is 5.91 Å². The van der Waals surface area contributed by atoms with Crippen LogP contribution in [-0.2, 0) is 6.54 Å². The van der Waals surface area contributed by atoms with Crippen molar-refractivity contribution in [3.63, 3.8) is 0 Å². The van der Waals surface area contributed by atoms with Crippen molar-refractivity contribution in [3.05, 3.63) is 75.6 Å². The lowest BCUT2D eigenvalue weighted by Gasteiger charge is -2.20. The minimum atomic E-state index is -0.0971. The van der Waals surface area contributed by atoms with Crippen molar-refractivity contribution in [1.82, 2.24) is 9.97 Å². The number of rotatable bonds is 4. The molecule has 0 N–H and O–H groups in total. The number of anilines is 1. The normalized spacial score (nSPS) is 12.7. The number of aromatic nitrogens is 2. The summed E-state index contributed by atoms with van der Waals surface area (Å²) >= 11 is 3.65. The fourth-order valence-electron chi connectivity index (χ4n) is 3.25. The van der Waals surface area contributed by atoms with Crippen molar-refractivity contribution < 1.29 is 14.3 Å². The average molecular weight is 529 g/mol. The summed E-state index contributed by atoms with van der Waals surface area (Å²) in [6.45, 7) is 1.43. The molecule has 0 radical (unpaired) electrons. The van der Waals surface area contributed by atoms with E-state index in [4.69, 9.17) is 14.5 Å². The number of benzene rings is 2. The third-order valence-corrected chi connectivity index (χ3v) is 6.67. The number of carbonyl (C=O) groups is 1. The van der Waals surface area contributed by atoms with Gasteiger partial charge >= 0.3 is 0 Å². The first kappa shape index (κ1) is 19.3. The van der Waals surface area contributed by atoms with Crippen LogP contribution < -0.4 is 14.4 Å². The van der Waals surface area contributed by atoms with E-state index in [0.717, 1.165) is 19.4 Å². The molecule has 30 heavy (non-hydrogen) atoms. The Morgan fingerprint density at radius 2 is 1.90 bits per heavy atom. The van der Waals surface area contributed by atoms with Gasteiger partial charge in [-0.3, -0.25) is 14.7 Å². The molecule has 1 aliphatic rings. The van der Waals surface area contributed by atoms with E-state index in [2.05, 4.69) is 27.6 Å². The maximum Gasteiger partial charge on any atom is 0.261 e. The van der Waals surface area contributed by atoms with Crippen molar-refractivity contribution in [1.29, 1.82) is 0 Å². The summed E-state index contributed by atoms with van der Waals surface area (Å²) in [7, 11) is 0. The number of halogens is 1. The first-order valence-corrected chi connectivity index (χ1v) is 11.2. The minimum Gasteiger partial charge on any atom is -0.486 e. The highest BCUT2D eigenvalue weighted by atomic mass is 127. The lowest BCUT2D eigenvalue weighted by atomic mass is 10.2. The summed E-state index contributed by atoms with van der Waals surface area (Å²) in [6.07, 6.45) is 3.49. The molecule has 1 amide bonds. The van der Waals surface area contributed by atoms with E-state index < -0.39 is 0 Å². The first-order chi connectivity index (χ1) is 14.7. The van der Waals surface area contributed by atoms with Crippen LogP contribution in [0.4, 0.5) is 5.13 Å². The van der Waals surface area contributed by atoms with E-state index in [9.17, 15) is 4.79 Å². The van der Waals surface area contributed by atoms with Crippen LogP contribution >= 0.6 is 33.9 Å². The molecule has 2 aromatic heterocycles. The molecule has 2 aromatic carbocycles. The van der Waals surface area contributed by atoms with Crippen molar-refractivity contribution in [3.8, 4) is 11.5 Å². The second-order valence-corrected chi connectivity index (χ2v) is 8.86. The maximum atomic E-state index is 13.5. The van der Waals surface area contributed by atoms with Gasteiger partial charge in [0.2, 0.25) is 0 Å². The SMILES string of the molecule is O=C(c1ccccc1I)N(Cc1cccnc1)c1nc2cc3c(cc2s1)OCCO3. The number of hydrogen-bond acceptors (Lipinski definition) is 6. The number of ether oxygens (including phenoxy) is 2. The molecular weight excluding hydrogens is 513 g/mol. The smallest absolute Gasteiger partial charge is 0.261 e. The van der Waals surface area contributed by atoms with E-state index in [0.29, 0.717) is 42.0 Å². The van der Waals surface area contributed by atoms with Gasteiger partial charge in [-0.05, 0) is 46.4 Å². The number of amides is 1. The van der Waals surface area contributed by atoms with E-state index in [1.807, 2.05) is 48.5 Å². The van der Waals surface area contributed by atoms with Gasteiger partial charge < -0.3 is 9.47 Å². The summed E-state index contributed by atoms with van der Waals surface area (Å²) in [4.78, 5) is 24.2. The average Bonchev–Trinajstić information content (AvgIpc) is 3.19. The summed E-state index contributed by atoms with van der Waals surface area (Å²) in [5.41, 5.74) is 2.36. The quantitative estimate of drug-likeness (QED) is 0.352. The van der Waals surface area contributed by atoms with Crippen LogP contribution in [0.5, 0.6) is 11.5 Å². The molecule has 0 saturated carbocycles. The lowest BCUT2D eigenvalue weighted by molar-refractivity contribution is 0.0984. The zero-order valence-corrected chi connectivity index (χ0v) is 18.7. The molecule has 0 saturated heterocycles. The molecular formula is C22H16IN3O3S. The monoisotopic (exact) mass is 529 g/mol. The summed E-state index contributed by atoms with van der Waals surface area (Å²) < 4.78 is 13.2. The highest BCUT2D eigenvalue weighted by Crippen LogP contribution is 2.39. The van der Waals surface area contributed by atoms with Crippen LogP contribution in [0.15, 0.2) is 60.9 Å². The molecule has 0 atom stereocenters. The van der Waals surface area contributed by atoms with E-state index in [1.54, 1.807) is 17.3 Å². The highest BCUT2D eigenvalue weighted by Gasteiger charge is 2.24. The Bertz CT molecular complexity index is 1190. The van der Waals surface area contributed by atoms with Crippen LogP contribution in [0, 0.1) is 3.57 Å². The summed E-state index contributed by atoms with van der Waals surface area (Å²) in [5, 5.41) is 0.626. The molecule has 8 heteroatoms. The topological polar surface area (TPSA) is 64.6 Å². The lowest BCUT2D eigenvalue weighted by Crippen LogP contribution is -2.31. The molecule has 3 heterocycles. The molecule has 0 bridgehead atoms. The molecule has 0 aliphatic carbocycles. The van der Waals surface area contributed by atoms with Gasteiger partial charge in [-0.15, -0.1) is 0 Å². The van der Waals surface area contributed by atoms with Crippen LogP contribution in [-0.4, -0.2) is 29.1 Å². The van der Waals surface area contributed by atoms with E-state index >= 15 is 0 Å². The van der Waals surface area contributed by atoms with Gasteiger partial charge in [-0.2, -0.15) is 0 Å². The van der Waals surface area contributed by atoms with Crippen molar-refractivity contribution in [2.75, 3.05) is 18.1 Å². The van der Waals surface area contributed by atoms with Crippen molar-refractivity contribution in [2.45, 2.75) is 6.54 Å². The predicted molar refractivity (Wildman–Crippen MR) is 125 cm³/mol. The Morgan fingerprint density at radius 3 is 2.67 bits per heavy atom. The predicted octanol–water partition coefficient (Wildman–Crippen LogP) is 4.91. The van der Waals surface area contributed by atoms with Gasteiger partial charge in [-0.1, -0.05) is 29.5 Å². The van der Waals surface area contributed by atoms with Gasteiger partial charge in [0.25, 0.3) is 5.91 Å². The first-order valence-electron chi connectivity index (χ1n) is 9.34. The number of pyridine rings is 1. The molecule has 6 nitrogen and oxygen atoms in total. The Morgan fingerprint density at radius 1 is 1.10 bits per heavy atom. The van der Waals surface area contributed by atoms with Crippen LogP contribution in [0.3, 0.4) is 0 Å². The van der Waals surface area contributed by atoms with Gasteiger partial charge in [0.15, 0.2) is 16.6 Å². The van der Waals surface area contributed by atoms with Gasteiger partial charge in [0, 0.05) is 28.1 Å². The summed E-state index contributed by atoms with van der Waals surface area (Å²) in [6, 6.07) is 15.2. The van der Waals surface area contributed by atoms with E-state index in [1.165, 1.54) is 11.3 Å². The molecule has 150 valence electrons. The number of carbonyl (C=O) groups excluding carboxylic acids is 1. The Hall–Kier alpha value is -2.72.